The van der Waals surface area contributed by atoms with Crippen LogP contribution in [-0.2, 0) is 13.3 Å². The molecule has 1 aromatic rings. The van der Waals surface area contributed by atoms with Gasteiger partial charge in [-0.1, -0.05) is 30.3 Å². The van der Waals surface area contributed by atoms with Gasteiger partial charge in [0.2, 0.25) is 0 Å². The number of hydrazone groups is 1. The highest BCUT2D eigenvalue weighted by Crippen LogP contribution is 2.17. The molecule has 0 heterocycles. The summed E-state index contributed by atoms with van der Waals surface area (Å²) < 4.78 is 17.6. The van der Waals surface area contributed by atoms with Crippen LogP contribution in [0.4, 0.5) is 0 Å². The Labute approximate surface area is 147 Å². The normalized spacial score (nSPS) is 12.8. The van der Waals surface area contributed by atoms with Crippen LogP contribution < -0.4 is 0 Å². The van der Waals surface area contributed by atoms with Crippen molar-refractivity contribution >= 4 is 20.6 Å². The van der Waals surface area contributed by atoms with Gasteiger partial charge in [-0.2, -0.15) is 5.10 Å². The van der Waals surface area contributed by atoms with Crippen molar-refractivity contribution < 1.29 is 13.3 Å². The third-order valence-corrected chi connectivity index (χ3v) is 5.85. The Balaban J connectivity index is 3.19. The third-order valence-electron chi connectivity index (χ3n) is 3.20. The van der Waals surface area contributed by atoms with E-state index in [0.717, 1.165) is 16.8 Å². The van der Waals surface area contributed by atoms with Crippen LogP contribution in [0.2, 0.25) is 0 Å². The van der Waals surface area contributed by atoms with Crippen LogP contribution >= 0.6 is 0 Å². The van der Waals surface area contributed by atoms with E-state index < -0.39 is 8.80 Å². The zero-order valence-corrected chi connectivity index (χ0v) is 16.7. The lowest BCUT2D eigenvalue weighted by Gasteiger charge is -2.25. The molecule has 0 amide bonds. The molecule has 0 bridgehead atoms. The lowest BCUT2D eigenvalue weighted by Crippen LogP contribution is -2.44. The Bertz CT molecular complexity index is 542. The summed E-state index contributed by atoms with van der Waals surface area (Å²) in [6.45, 7) is 9.53. The largest absolute Gasteiger partial charge is 0.529 e. The maximum absolute atomic E-state index is 5.87. The fraction of sp³-hybridized carbons (Fsp3) is 0.500. The quantitative estimate of drug-likeness (QED) is 0.367. The van der Waals surface area contributed by atoms with Gasteiger partial charge in [0.15, 0.2) is 0 Å². The van der Waals surface area contributed by atoms with E-state index in [0.29, 0.717) is 19.8 Å². The number of rotatable bonds is 10. The molecule has 0 fully saturated rings. The van der Waals surface area contributed by atoms with Gasteiger partial charge in [0, 0.05) is 39.5 Å². The van der Waals surface area contributed by atoms with Gasteiger partial charge < -0.3 is 18.3 Å². The summed E-state index contributed by atoms with van der Waals surface area (Å²) in [5, 5.41) is 6.30. The molecule has 0 N–H and O–H groups in total. The fourth-order valence-electron chi connectivity index (χ4n) is 2.39. The predicted octanol–water partition coefficient (Wildman–Crippen LogP) is 3.57. The molecule has 0 saturated heterocycles. The SMILES string of the molecule is CCO[Si](/C=C/c1ccccc1/C(C)=N/N(C)C)(OCC)OCC. The average molecular weight is 351 g/mol. The van der Waals surface area contributed by atoms with Crippen molar-refractivity contribution in [2.45, 2.75) is 27.7 Å². The highest BCUT2D eigenvalue weighted by atomic mass is 28.4. The number of benzene rings is 1. The predicted molar refractivity (Wildman–Crippen MR) is 102 cm³/mol. The van der Waals surface area contributed by atoms with E-state index >= 15 is 0 Å². The van der Waals surface area contributed by atoms with E-state index in [-0.39, 0.29) is 0 Å². The molecule has 0 aliphatic carbocycles. The maximum Gasteiger partial charge on any atom is 0.529 e. The number of hydrogen-bond acceptors (Lipinski definition) is 5. The van der Waals surface area contributed by atoms with Crippen molar-refractivity contribution in [3.63, 3.8) is 0 Å². The molecule has 6 heteroatoms. The van der Waals surface area contributed by atoms with Gasteiger partial charge in [0.1, 0.15) is 0 Å². The van der Waals surface area contributed by atoms with Gasteiger partial charge in [-0.25, -0.2) is 0 Å². The summed E-state index contributed by atoms with van der Waals surface area (Å²) in [6, 6.07) is 8.15. The van der Waals surface area contributed by atoms with E-state index in [1.54, 1.807) is 5.01 Å². The Kier molecular flexibility index (Phi) is 8.92. The molecule has 0 aliphatic rings. The van der Waals surface area contributed by atoms with Gasteiger partial charge in [0.25, 0.3) is 0 Å². The van der Waals surface area contributed by atoms with E-state index in [2.05, 4.69) is 17.2 Å². The van der Waals surface area contributed by atoms with Crippen LogP contribution in [0.25, 0.3) is 6.08 Å². The second-order valence-electron chi connectivity index (χ2n) is 5.36. The monoisotopic (exact) mass is 350 g/mol. The van der Waals surface area contributed by atoms with Crippen LogP contribution in [0.15, 0.2) is 35.1 Å². The second-order valence-corrected chi connectivity index (χ2v) is 7.76. The summed E-state index contributed by atoms with van der Waals surface area (Å²) >= 11 is 0. The van der Waals surface area contributed by atoms with Crippen LogP contribution in [0, 0.1) is 0 Å². The first-order valence-corrected chi connectivity index (χ1v) is 10.2. The van der Waals surface area contributed by atoms with Crippen LogP contribution in [0.3, 0.4) is 0 Å². The molecule has 0 aliphatic heterocycles. The zero-order valence-electron chi connectivity index (χ0n) is 15.7. The van der Waals surface area contributed by atoms with Crippen molar-refractivity contribution in [3.05, 3.63) is 41.1 Å². The van der Waals surface area contributed by atoms with Gasteiger partial charge in [-0.3, -0.25) is 0 Å². The minimum absolute atomic E-state index is 0.555. The summed E-state index contributed by atoms with van der Waals surface area (Å²) in [4.78, 5) is 0. The molecule has 0 saturated carbocycles. The van der Waals surface area contributed by atoms with E-state index in [1.165, 1.54) is 0 Å². The second kappa shape index (κ2) is 10.4. The van der Waals surface area contributed by atoms with Gasteiger partial charge in [0.05, 0.1) is 5.71 Å². The van der Waals surface area contributed by atoms with Crippen LogP contribution in [-0.4, -0.2) is 53.4 Å². The Hall–Kier alpha value is -1.47. The average Bonchev–Trinajstić information content (AvgIpc) is 2.53. The van der Waals surface area contributed by atoms with Crippen molar-refractivity contribution in [1.82, 2.24) is 5.01 Å². The molecule has 24 heavy (non-hydrogen) atoms. The van der Waals surface area contributed by atoms with E-state index in [9.17, 15) is 0 Å². The standard InChI is InChI=1S/C18H30N2O3Si/c1-7-21-24(22-8-2,23-9-3)15-14-17-12-10-11-13-18(17)16(4)19-20(5)6/h10-15H,7-9H2,1-6H3/b15-14+,19-16+. The third kappa shape index (κ3) is 6.20. The minimum atomic E-state index is -2.80. The Morgan fingerprint density at radius 1 is 1.04 bits per heavy atom. The lowest BCUT2D eigenvalue weighted by atomic mass is 10.0. The van der Waals surface area contributed by atoms with Gasteiger partial charge in [-0.15, -0.1) is 0 Å². The smallest absolute Gasteiger partial charge is 0.371 e. The van der Waals surface area contributed by atoms with Crippen molar-refractivity contribution in [3.8, 4) is 0 Å². The first-order valence-electron chi connectivity index (χ1n) is 8.41. The molecular weight excluding hydrogens is 320 g/mol. The van der Waals surface area contributed by atoms with Crippen molar-refractivity contribution in [2.24, 2.45) is 5.10 Å². The molecule has 0 atom stereocenters. The van der Waals surface area contributed by atoms with Gasteiger partial charge in [-0.05, 0) is 39.0 Å². The molecule has 0 spiro atoms. The van der Waals surface area contributed by atoms with Crippen molar-refractivity contribution in [1.29, 1.82) is 0 Å². The first kappa shape index (κ1) is 20.6. The minimum Gasteiger partial charge on any atom is -0.371 e. The molecule has 0 unspecified atom stereocenters. The van der Waals surface area contributed by atoms with Gasteiger partial charge >= 0.3 is 8.80 Å². The summed E-state index contributed by atoms with van der Waals surface area (Å²) in [7, 11) is 1.03. The Morgan fingerprint density at radius 3 is 2.08 bits per heavy atom. The molecular formula is C18H30N2O3Si. The Morgan fingerprint density at radius 2 is 1.58 bits per heavy atom. The van der Waals surface area contributed by atoms with Crippen LogP contribution in [0.1, 0.15) is 38.8 Å². The highest BCUT2D eigenvalue weighted by Gasteiger charge is 2.37. The number of nitrogens with zero attached hydrogens (tertiary/aromatic N) is 2. The molecule has 0 radical (unpaired) electrons. The molecule has 1 rings (SSSR count). The maximum atomic E-state index is 5.87. The lowest BCUT2D eigenvalue weighted by molar-refractivity contribution is 0.0845. The van der Waals surface area contributed by atoms with E-state index in [1.807, 2.05) is 65.7 Å². The topological polar surface area (TPSA) is 43.3 Å². The summed E-state index contributed by atoms with van der Waals surface area (Å²) in [5.74, 6) is 0. The highest BCUT2D eigenvalue weighted by molar-refractivity contribution is 6.67. The number of hydrogen-bond donors (Lipinski definition) is 0. The summed E-state index contributed by atoms with van der Waals surface area (Å²) in [5.41, 5.74) is 5.06. The van der Waals surface area contributed by atoms with E-state index in [4.69, 9.17) is 13.3 Å². The molecule has 5 nitrogen and oxygen atoms in total. The molecule has 0 aromatic heterocycles. The zero-order chi connectivity index (χ0) is 18.0. The fourth-order valence-corrected chi connectivity index (χ4v) is 4.52. The molecule has 1 aromatic carbocycles. The van der Waals surface area contributed by atoms with Crippen molar-refractivity contribution in [2.75, 3.05) is 33.9 Å². The summed E-state index contributed by atoms with van der Waals surface area (Å²) in [6.07, 6.45) is 2.03. The first-order chi connectivity index (χ1) is 11.5. The molecule has 134 valence electrons. The van der Waals surface area contributed by atoms with Crippen LogP contribution in [0.5, 0.6) is 0 Å².